The summed E-state index contributed by atoms with van der Waals surface area (Å²) in [5.41, 5.74) is 2.03. The Bertz CT molecular complexity index is 561. The molecular weight excluding hydrogens is 299 g/mol. The zero-order valence-corrected chi connectivity index (χ0v) is 13.5. The summed E-state index contributed by atoms with van der Waals surface area (Å²) in [5.74, 6) is 0. The minimum absolute atomic E-state index is 0.235. The Kier molecular flexibility index (Phi) is 4.85. The fourth-order valence-electron chi connectivity index (χ4n) is 2.00. The summed E-state index contributed by atoms with van der Waals surface area (Å²) in [6.07, 6.45) is 0. The Morgan fingerprint density at radius 3 is 2.42 bits per heavy atom. The van der Waals surface area contributed by atoms with Gasteiger partial charge < -0.3 is 5.32 Å². The molecule has 1 atom stereocenters. The van der Waals surface area contributed by atoms with Gasteiger partial charge in [0.05, 0.1) is 10.7 Å². The van der Waals surface area contributed by atoms with Crippen molar-refractivity contribution in [3.63, 3.8) is 0 Å². The summed E-state index contributed by atoms with van der Waals surface area (Å²) >= 11 is 14.0. The molecule has 0 aliphatic rings. The lowest BCUT2D eigenvalue weighted by molar-refractivity contribution is 0.579. The summed E-state index contributed by atoms with van der Waals surface area (Å²) in [4.78, 5) is 5.71. The van der Waals surface area contributed by atoms with Crippen molar-refractivity contribution in [1.29, 1.82) is 0 Å². The van der Waals surface area contributed by atoms with Crippen LogP contribution in [0, 0.1) is 13.8 Å². The Hall–Kier alpha value is -0.610. The van der Waals surface area contributed by atoms with Gasteiger partial charge in [0.25, 0.3) is 0 Å². The van der Waals surface area contributed by atoms with Crippen molar-refractivity contribution < 1.29 is 0 Å². The SMILES string of the molecule is Cc1nc(C)c(C(C)NCc2c(Cl)cccc2Cl)s1. The average Bonchev–Trinajstić information content (AvgIpc) is 2.67. The van der Waals surface area contributed by atoms with E-state index in [-0.39, 0.29) is 6.04 Å². The van der Waals surface area contributed by atoms with Crippen LogP contribution in [0.2, 0.25) is 10.0 Å². The van der Waals surface area contributed by atoms with Crippen LogP contribution in [0.25, 0.3) is 0 Å². The van der Waals surface area contributed by atoms with Crippen LogP contribution in [-0.4, -0.2) is 4.98 Å². The van der Waals surface area contributed by atoms with Crippen molar-refractivity contribution in [2.75, 3.05) is 0 Å². The molecule has 0 amide bonds. The number of thiazole rings is 1. The van der Waals surface area contributed by atoms with E-state index >= 15 is 0 Å². The van der Waals surface area contributed by atoms with E-state index in [1.54, 1.807) is 11.3 Å². The minimum Gasteiger partial charge on any atom is -0.305 e. The average molecular weight is 315 g/mol. The molecule has 0 bridgehead atoms. The van der Waals surface area contributed by atoms with Crippen LogP contribution < -0.4 is 5.32 Å². The van der Waals surface area contributed by atoms with Gasteiger partial charge in [0.15, 0.2) is 0 Å². The number of hydrogen-bond donors (Lipinski definition) is 1. The van der Waals surface area contributed by atoms with E-state index in [9.17, 15) is 0 Å². The van der Waals surface area contributed by atoms with Gasteiger partial charge in [-0.1, -0.05) is 29.3 Å². The van der Waals surface area contributed by atoms with Gasteiger partial charge in [0, 0.05) is 33.1 Å². The maximum Gasteiger partial charge on any atom is 0.0900 e. The molecule has 0 saturated carbocycles. The lowest BCUT2D eigenvalue weighted by atomic mass is 10.2. The number of nitrogens with one attached hydrogen (secondary N) is 1. The van der Waals surface area contributed by atoms with E-state index in [2.05, 4.69) is 17.2 Å². The lowest BCUT2D eigenvalue weighted by Crippen LogP contribution is -2.18. The first kappa shape index (κ1) is 14.8. The van der Waals surface area contributed by atoms with E-state index in [1.807, 2.05) is 32.0 Å². The second kappa shape index (κ2) is 6.23. The van der Waals surface area contributed by atoms with Crippen LogP contribution in [0.5, 0.6) is 0 Å². The number of aromatic nitrogens is 1. The van der Waals surface area contributed by atoms with Crippen molar-refractivity contribution in [3.05, 3.63) is 49.4 Å². The smallest absolute Gasteiger partial charge is 0.0900 e. The minimum atomic E-state index is 0.235. The zero-order chi connectivity index (χ0) is 14.0. The molecule has 102 valence electrons. The first-order valence-electron chi connectivity index (χ1n) is 6.09. The van der Waals surface area contributed by atoms with Crippen molar-refractivity contribution in [1.82, 2.24) is 10.3 Å². The highest BCUT2D eigenvalue weighted by molar-refractivity contribution is 7.11. The van der Waals surface area contributed by atoms with E-state index in [0.717, 1.165) is 16.3 Å². The normalized spacial score (nSPS) is 12.7. The lowest BCUT2D eigenvalue weighted by Gasteiger charge is -2.14. The molecule has 19 heavy (non-hydrogen) atoms. The first-order chi connectivity index (χ1) is 8.99. The van der Waals surface area contributed by atoms with Gasteiger partial charge in [0.1, 0.15) is 0 Å². The number of benzene rings is 1. The summed E-state index contributed by atoms with van der Waals surface area (Å²) in [7, 11) is 0. The summed E-state index contributed by atoms with van der Waals surface area (Å²) in [5, 5.41) is 5.94. The molecule has 1 unspecified atom stereocenters. The molecule has 2 rings (SSSR count). The van der Waals surface area contributed by atoms with Gasteiger partial charge in [0.2, 0.25) is 0 Å². The summed E-state index contributed by atoms with van der Waals surface area (Å²) in [6, 6.07) is 5.81. The highest BCUT2D eigenvalue weighted by Gasteiger charge is 2.13. The van der Waals surface area contributed by atoms with Gasteiger partial charge in [-0.2, -0.15) is 0 Å². The third-order valence-corrected chi connectivity index (χ3v) is 4.94. The molecule has 0 radical (unpaired) electrons. The van der Waals surface area contributed by atoms with Crippen LogP contribution in [0.3, 0.4) is 0 Å². The first-order valence-corrected chi connectivity index (χ1v) is 7.66. The predicted octanol–water partition coefficient (Wildman–Crippen LogP) is 4.92. The Morgan fingerprint density at radius 1 is 1.26 bits per heavy atom. The van der Waals surface area contributed by atoms with Gasteiger partial charge in [-0.15, -0.1) is 11.3 Å². The molecule has 0 fully saturated rings. The largest absolute Gasteiger partial charge is 0.305 e. The van der Waals surface area contributed by atoms with Gasteiger partial charge >= 0.3 is 0 Å². The van der Waals surface area contributed by atoms with Crippen LogP contribution in [0.15, 0.2) is 18.2 Å². The zero-order valence-electron chi connectivity index (χ0n) is 11.1. The molecule has 1 heterocycles. The van der Waals surface area contributed by atoms with Crippen molar-refractivity contribution >= 4 is 34.5 Å². The standard InChI is InChI=1S/C14H16Cl2N2S/c1-8(14-9(2)18-10(3)19-14)17-7-11-12(15)5-4-6-13(11)16/h4-6,8,17H,7H2,1-3H3. The topological polar surface area (TPSA) is 24.9 Å². The molecule has 1 N–H and O–H groups in total. The monoisotopic (exact) mass is 314 g/mol. The second-order valence-electron chi connectivity index (χ2n) is 4.49. The van der Waals surface area contributed by atoms with Crippen LogP contribution in [0.4, 0.5) is 0 Å². The van der Waals surface area contributed by atoms with Crippen LogP contribution in [0.1, 0.15) is 34.1 Å². The van der Waals surface area contributed by atoms with Gasteiger partial charge in [-0.25, -0.2) is 4.98 Å². The van der Waals surface area contributed by atoms with Crippen molar-refractivity contribution in [2.45, 2.75) is 33.4 Å². The van der Waals surface area contributed by atoms with Gasteiger partial charge in [-0.3, -0.25) is 0 Å². The maximum atomic E-state index is 6.16. The quantitative estimate of drug-likeness (QED) is 0.866. The molecule has 0 saturated heterocycles. The number of halogens is 2. The van der Waals surface area contributed by atoms with Crippen molar-refractivity contribution in [2.24, 2.45) is 0 Å². The predicted molar refractivity (Wildman–Crippen MR) is 83.3 cm³/mol. The van der Waals surface area contributed by atoms with Crippen LogP contribution in [-0.2, 0) is 6.54 Å². The Labute approximate surface area is 127 Å². The van der Waals surface area contributed by atoms with E-state index in [0.29, 0.717) is 16.6 Å². The van der Waals surface area contributed by atoms with Gasteiger partial charge in [-0.05, 0) is 32.9 Å². The molecule has 1 aromatic carbocycles. The summed E-state index contributed by atoms with van der Waals surface area (Å²) in [6.45, 7) is 6.85. The second-order valence-corrected chi connectivity index (χ2v) is 6.53. The number of aryl methyl sites for hydroxylation is 2. The van der Waals surface area contributed by atoms with Crippen LogP contribution >= 0.6 is 34.5 Å². The fourth-order valence-corrected chi connectivity index (χ4v) is 3.48. The Balaban J connectivity index is 2.08. The number of hydrogen-bond acceptors (Lipinski definition) is 3. The molecule has 2 nitrogen and oxygen atoms in total. The molecule has 0 aliphatic carbocycles. The molecule has 0 spiro atoms. The maximum absolute atomic E-state index is 6.16. The molecular formula is C14H16Cl2N2S. The number of rotatable bonds is 4. The number of nitrogens with zero attached hydrogens (tertiary/aromatic N) is 1. The fraction of sp³-hybridized carbons (Fsp3) is 0.357. The third-order valence-electron chi connectivity index (χ3n) is 2.98. The molecule has 0 aliphatic heterocycles. The third kappa shape index (κ3) is 3.48. The Morgan fingerprint density at radius 2 is 1.89 bits per heavy atom. The highest BCUT2D eigenvalue weighted by atomic mass is 35.5. The molecule has 1 aromatic heterocycles. The van der Waals surface area contributed by atoms with E-state index in [1.165, 1.54) is 4.88 Å². The van der Waals surface area contributed by atoms with E-state index < -0.39 is 0 Å². The highest BCUT2D eigenvalue weighted by Crippen LogP contribution is 2.27. The molecule has 2 aromatic rings. The van der Waals surface area contributed by atoms with Crippen molar-refractivity contribution in [3.8, 4) is 0 Å². The summed E-state index contributed by atoms with van der Waals surface area (Å²) < 4.78 is 0. The van der Waals surface area contributed by atoms with E-state index in [4.69, 9.17) is 23.2 Å². The molecule has 5 heteroatoms.